The number of rotatable bonds is 5. The molecule has 2 nitrogen and oxygen atoms in total. The first-order chi connectivity index (χ1) is 6.74. The maximum atomic E-state index is 10.5. The minimum absolute atomic E-state index is 0.344. The Labute approximate surface area is 86.0 Å². The Kier molecular flexibility index (Phi) is 4.71. The lowest BCUT2D eigenvalue weighted by molar-refractivity contribution is -0.137. The average molecular weight is 196 g/mol. The summed E-state index contributed by atoms with van der Waals surface area (Å²) in [6, 6.07) is 0. The molecule has 2 unspecified atom stereocenters. The number of hydrogen-bond donors (Lipinski definition) is 1. The maximum absolute atomic E-state index is 10.5. The second-order valence-electron chi connectivity index (χ2n) is 4.19. The van der Waals surface area contributed by atoms with Gasteiger partial charge in [-0.2, -0.15) is 0 Å². The van der Waals surface area contributed by atoms with Gasteiger partial charge < -0.3 is 5.11 Å². The summed E-state index contributed by atoms with van der Waals surface area (Å²) in [6.07, 6.45) is 10.5. The summed E-state index contributed by atoms with van der Waals surface area (Å²) < 4.78 is 0. The van der Waals surface area contributed by atoms with E-state index in [4.69, 9.17) is 5.11 Å². The summed E-state index contributed by atoms with van der Waals surface area (Å²) in [5.74, 6) is 0.745. The molecule has 1 aliphatic carbocycles. The molecule has 1 saturated carbocycles. The van der Waals surface area contributed by atoms with Crippen LogP contribution in [0.5, 0.6) is 0 Å². The lowest BCUT2D eigenvalue weighted by Gasteiger charge is -2.16. The number of allylic oxidation sites excluding steroid dienone is 2. The number of carbonyl (C=O) groups is 1. The first-order valence-electron chi connectivity index (χ1n) is 5.57. The van der Waals surface area contributed by atoms with E-state index in [2.05, 4.69) is 12.2 Å². The van der Waals surface area contributed by atoms with Gasteiger partial charge >= 0.3 is 5.97 Å². The molecule has 1 aliphatic rings. The van der Waals surface area contributed by atoms with Crippen molar-refractivity contribution in [2.45, 2.75) is 45.4 Å². The zero-order valence-electron chi connectivity index (χ0n) is 8.91. The molecule has 0 spiro atoms. The van der Waals surface area contributed by atoms with Crippen molar-refractivity contribution in [3.8, 4) is 0 Å². The highest BCUT2D eigenvalue weighted by atomic mass is 16.4. The van der Waals surface area contributed by atoms with Crippen LogP contribution in [0.25, 0.3) is 0 Å². The van der Waals surface area contributed by atoms with Gasteiger partial charge in [0.25, 0.3) is 0 Å². The summed E-state index contributed by atoms with van der Waals surface area (Å²) in [6.45, 7) is 2.04. The van der Waals surface area contributed by atoms with E-state index in [9.17, 15) is 4.79 Å². The van der Waals surface area contributed by atoms with Gasteiger partial charge in [-0.25, -0.2) is 0 Å². The largest absolute Gasteiger partial charge is 0.481 e. The van der Waals surface area contributed by atoms with E-state index in [0.29, 0.717) is 12.3 Å². The van der Waals surface area contributed by atoms with Gasteiger partial charge in [0.05, 0.1) is 0 Å². The van der Waals surface area contributed by atoms with Crippen LogP contribution in [0, 0.1) is 11.8 Å². The summed E-state index contributed by atoms with van der Waals surface area (Å²) in [4.78, 5) is 10.5. The van der Waals surface area contributed by atoms with E-state index in [1.807, 2.05) is 6.92 Å². The van der Waals surface area contributed by atoms with Crippen LogP contribution in [0.2, 0.25) is 0 Å². The molecule has 0 amide bonds. The Morgan fingerprint density at radius 2 is 2.14 bits per heavy atom. The molecule has 80 valence electrons. The highest BCUT2D eigenvalue weighted by Crippen LogP contribution is 2.37. The van der Waals surface area contributed by atoms with Gasteiger partial charge in [-0.1, -0.05) is 25.0 Å². The molecule has 0 radical (unpaired) electrons. The van der Waals surface area contributed by atoms with Crippen molar-refractivity contribution in [2.75, 3.05) is 0 Å². The van der Waals surface area contributed by atoms with E-state index in [0.717, 1.165) is 18.8 Å². The van der Waals surface area contributed by atoms with Gasteiger partial charge in [0.15, 0.2) is 0 Å². The van der Waals surface area contributed by atoms with Crippen molar-refractivity contribution < 1.29 is 9.90 Å². The second-order valence-corrected chi connectivity index (χ2v) is 4.19. The van der Waals surface area contributed by atoms with Gasteiger partial charge in [-0.05, 0) is 38.0 Å². The predicted octanol–water partition coefficient (Wildman–Crippen LogP) is 3.23. The van der Waals surface area contributed by atoms with Gasteiger partial charge in [0.2, 0.25) is 0 Å². The topological polar surface area (TPSA) is 37.3 Å². The van der Waals surface area contributed by atoms with E-state index in [1.165, 1.54) is 19.3 Å². The molecule has 1 rings (SSSR count). The molecule has 0 heterocycles. The zero-order chi connectivity index (χ0) is 10.4. The minimum Gasteiger partial charge on any atom is -0.481 e. The molecule has 0 aliphatic heterocycles. The number of aliphatic carboxylic acids is 1. The molecule has 0 aromatic rings. The van der Waals surface area contributed by atoms with Gasteiger partial charge in [-0.15, -0.1) is 0 Å². The van der Waals surface area contributed by atoms with Crippen LogP contribution in [0.3, 0.4) is 0 Å². The van der Waals surface area contributed by atoms with Crippen LogP contribution >= 0.6 is 0 Å². The van der Waals surface area contributed by atoms with E-state index in [1.54, 1.807) is 0 Å². The van der Waals surface area contributed by atoms with Crippen LogP contribution in [0.1, 0.15) is 45.4 Å². The van der Waals surface area contributed by atoms with Crippen molar-refractivity contribution in [1.29, 1.82) is 0 Å². The van der Waals surface area contributed by atoms with Crippen molar-refractivity contribution in [3.63, 3.8) is 0 Å². The van der Waals surface area contributed by atoms with Crippen LogP contribution < -0.4 is 0 Å². The lowest BCUT2D eigenvalue weighted by Crippen LogP contribution is -2.09. The third kappa shape index (κ3) is 3.52. The normalized spacial score (nSPS) is 27.2. The maximum Gasteiger partial charge on any atom is 0.303 e. The Hall–Kier alpha value is -0.790. The average Bonchev–Trinajstić information content (AvgIpc) is 2.58. The van der Waals surface area contributed by atoms with Crippen molar-refractivity contribution >= 4 is 5.97 Å². The number of hydrogen-bond acceptors (Lipinski definition) is 1. The molecule has 0 aromatic carbocycles. The zero-order valence-corrected chi connectivity index (χ0v) is 8.91. The van der Waals surface area contributed by atoms with E-state index >= 15 is 0 Å². The first-order valence-corrected chi connectivity index (χ1v) is 5.57. The molecule has 0 bridgehead atoms. The van der Waals surface area contributed by atoms with E-state index < -0.39 is 5.97 Å². The van der Waals surface area contributed by atoms with Crippen LogP contribution in [-0.4, -0.2) is 11.1 Å². The van der Waals surface area contributed by atoms with Crippen molar-refractivity contribution in [3.05, 3.63) is 12.2 Å². The Balaban J connectivity index is 2.31. The fourth-order valence-electron chi connectivity index (χ4n) is 2.42. The molecule has 1 fully saturated rings. The molecule has 14 heavy (non-hydrogen) atoms. The SMILES string of the molecule is C/C=C/CC1CCCC1CCC(=O)O. The summed E-state index contributed by atoms with van der Waals surface area (Å²) in [5, 5.41) is 8.62. The highest BCUT2D eigenvalue weighted by molar-refractivity contribution is 5.66. The third-order valence-electron chi connectivity index (χ3n) is 3.22. The second kappa shape index (κ2) is 5.84. The summed E-state index contributed by atoms with van der Waals surface area (Å²) in [7, 11) is 0. The Bertz CT molecular complexity index is 208. The summed E-state index contributed by atoms with van der Waals surface area (Å²) in [5.41, 5.74) is 0. The fourth-order valence-corrected chi connectivity index (χ4v) is 2.42. The fraction of sp³-hybridized carbons (Fsp3) is 0.750. The van der Waals surface area contributed by atoms with Gasteiger partial charge in [0.1, 0.15) is 0 Å². The molecule has 2 heteroatoms. The monoisotopic (exact) mass is 196 g/mol. The molecule has 1 N–H and O–H groups in total. The minimum atomic E-state index is -0.651. The molecule has 2 atom stereocenters. The third-order valence-corrected chi connectivity index (χ3v) is 3.22. The highest BCUT2D eigenvalue weighted by Gasteiger charge is 2.26. The number of carboxylic acid groups (broad SMARTS) is 1. The van der Waals surface area contributed by atoms with E-state index in [-0.39, 0.29) is 0 Å². The van der Waals surface area contributed by atoms with Crippen LogP contribution in [-0.2, 0) is 4.79 Å². The quantitative estimate of drug-likeness (QED) is 0.685. The lowest BCUT2D eigenvalue weighted by atomic mass is 9.89. The first kappa shape index (κ1) is 11.3. The van der Waals surface area contributed by atoms with Crippen LogP contribution in [0.15, 0.2) is 12.2 Å². The van der Waals surface area contributed by atoms with Crippen LogP contribution in [0.4, 0.5) is 0 Å². The van der Waals surface area contributed by atoms with Gasteiger partial charge in [0, 0.05) is 6.42 Å². The molecular weight excluding hydrogens is 176 g/mol. The smallest absolute Gasteiger partial charge is 0.303 e. The molecule has 0 aromatic heterocycles. The number of carboxylic acids is 1. The van der Waals surface area contributed by atoms with Crippen molar-refractivity contribution in [2.24, 2.45) is 11.8 Å². The molecule has 0 saturated heterocycles. The summed E-state index contributed by atoms with van der Waals surface area (Å²) >= 11 is 0. The van der Waals surface area contributed by atoms with Gasteiger partial charge in [-0.3, -0.25) is 4.79 Å². The Morgan fingerprint density at radius 1 is 1.43 bits per heavy atom. The van der Waals surface area contributed by atoms with Crippen molar-refractivity contribution in [1.82, 2.24) is 0 Å². The predicted molar refractivity (Wildman–Crippen MR) is 57.1 cm³/mol. The molecular formula is C12H20O2. The Morgan fingerprint density at radius 3 is 2.79 bits per heavy atom. The standard InChI is InChI=1S/C12H20O2/c1-2-3-5-10-6-4-7-11(10)8-9-12(13)14/h2-3,10-11H,4-9H2,1H3,(H,13,14)/b3-2+.